The summed E-state index contributed by atoms with van der Waals surface area (Å²) in [6, 6.07) is 1.79. The number of anilines is 1. The summed E-state index contributed by atoms with van der Waals surface area (Å²) in [6.45, 7) is 3.69. The van der Waals surface area contributed by atoms with E-state index in [1.54, 1.807) is 16.9 Å². The lowest BCUT2D eigenvalue weighted by molar-refractivity contribution is -0.119. The first-order valence-electron chi connectivity index (χ1n) is 4.87. The molecule has 2 heterocycles. The lowest BCUT2D eigenvalue weighted by Gasteiger charge is -2.26. The molecule has 0 saturated carbocycles. The van der Waals surface area contributed by atoms with E-state index in [4.69, 9.17) is 0 Å². The predicted molar refractivity (Wildman–Crippen MR) is 52.9 cm³/mol. The van der Waals surface area contributed by atoms with Crippen molar-refractivity contribution in [2.24, 2.45) is 0 Å². The molecule has 0 spiro atoms. The van der Waals surface area contributed by atoms with Crippen LogP contribution in [0.5, 0.6) is 0 Å². The zero-order chi connectivity index (χ0) is 9.97. The van der Waals surface area contributed by atoms with Crippen molar-refractivity contribution >= 4 is 11.7 Å². The number of rotatable bonds is 3. The number of nitrogens with zero attached hydrogens (tertiary/aromatic N) is 2. The van der Waals surface area contributed by atoms with Crippen LogP contribution in [0.25, 0.3) is 0 Å². The summed E-state index contributed by atoms with van der Waals surface area (Å²) in [5, 5.41) is 9.97. The first-order valence-corrected chi connectivity index (χ1v) is 4.87. The molecule has 0 aliphatic carbocycles. The maximum Gasteiger partial charge on any atom is 0.242 e. The minimum Gasteiger partial charge on any atom is -0.310 e. The number of nitrogens with one attached hydrogen (secondary N) is 2. The molecule has 1 aliphatic rings. The van der Waals surface area contributed by atoms with Gasteiger partial charge in [0.25, 0.3) is 0 Å². The van der Waals surface area contributed by atoms with Crippen LogP contribution in [0.3, 0.4) is 0 Å². The van der Waals surface area contributed by atoms with Crippen molar-refractivity contribution in [1.29, 1.82) is 0 Å². The van der Waals surface area contributed by atoms with Gasteiger partial charge in [0.2, 0.25) is 5.91 Å². The van der Waals surface area contributed by atoms with Gasteiger partial charge in [0.05, 0.1) is 12.2 Å². The molecule has 1 saturated heterocycles. The van der Waals surface area contributed by atoms with Crippen LogP contribution in [-0.2, 0) is 11.3 Å². The second-order valence-corrected chi connectivity index (χ2v) is 3.32. The molecule has 0 radical (unpaired) electrons. The van der Waals surface area contributed by atoms with Gasteiger partial charge in [-0.15, -0.1) is 0 Å². The van der Waals surface area contributed by atoms with Gasteiger partial charge in [-0.25, -0.2) is 4.68 Å². The summed E-state index contributed by atoms with van der Waals surface area (Å²) in [6.07, 6.45) is 2.61. The van der Waals surface area contributed by atoms with E-state index in [-0.39, 0.29) is 11.9 Å². The van der Waals surface area contributed by atoms with Crippen molar-refractivity contribution in [3.63, 3.8) is 0 Å². The molecule has 2 rings (SSSR count). The lowest BCUT2D eigenvalue weighted by atomic mass is 10.1. The quantitative estimate of drug-likeness (QED) is 0.722. The maximum atomic E-state index is 11.5. The summed E-state index contributed by atoms with van der Waals surface area (Å²) < 4.78 is 1.76. The van der Waals surface area contributed by atoms with E-state index >= 15 is 0 Å². The Balaban J connectivity index is 1.99. The zero-order valence-corrected chi connectivity index (χ0v) is 8.16. The normalized spacial score (nSPS) is 20.2. The summed E-state index contributed by atoms with van der Waals surface area (Å²) >= 11 is 0. The van der Waals surface area contributed by atoms with Crippen molar-refractivity contribution < 1.29 is 4.79 Å². The molecule has 1 atom stereocenters. The molecule has 5 heteroatoms. The Hall–Kier alpha value is -1.36. The van der Waals surface area contributed by atoms with Gasteiger partial charge in [-0.1, -0.05) is 0 Å². The van der Waals surface area contributed by atoms with Crippen LogP contribution in [0.4, 0.5) is 5.82 Å². The summed E-state index contributed by atoms with van der Waals surface area (Å²) in [7, 11) is 0. The molecule has 1 fully saturated rings. The molecule has 0 unspecified atom stereocenters. The highest BCUT2D eigenvalue weighted by atomic mass is 16.2. The second-order valence-electron chi connectivity index (χ2n) is 3.32. The summed E-state index contributed by atoms with van der Waals surface area (Å²) in [5.41, 5.74) is 0. The highest BCUT2D eigenvalue weighted by Crippen LogP contribution is 2.09. The monoisotopic (exact) mass is 194 g/mol. The fourth-order valence-corrected chi connectivity index (χ4v) is 1.42. The number of hydrogen-bond acceptors (Lipinski definition) is 3. The first-order chi connectivity index (χ1) is 6.81. The van der Waals surface area contributed by atoms with Gasteiger partial charge < -0.3 is 10.6 Å². The number of aromatic nitrogens is 2. The molecular formula is C9H14N4O. The van der Waals surface area contributed by atoms with E-state index in [2.05, 4.69) is 15.7 Å². The highest BCUT2D eigenvalue weighted by Gasteiger charge is 2.24. The van der Waals surface area contributed by atoms with Gasteiger partial charge in [0.15, 0.2) is 0 Å². The zero-order valence-electron chi connectivity index (χ0n) is 8.16. The molecule has 1 aliphatic heterocycles. The van der Waals surface area contributed by atoms with Crippen LogP contribution in [-0.4, -0.2) is 28.3 Å². The topological polar surface area (TPSA) is 59.0 Å². The van der Waals surface area contributed by atoms with E-state index in [0.29, 0.717) is 0 Å². The average molecular weight is 194 g/mol. The van der Waals surface area contributed by atoms with Crippen LogP contribution in [0, 0.1) is 0 Å². The van der Waals surface area contributed by atoms with E-state index in [1.165, 1.54) is 0 Å². The van der Waals surface area contributed by atoms with Crippen LogP contribution in [0.15, 0.2) is 12.3 Å². The van der Waals surface area contributed by atoms with Crippen LogP contribution < -0.4 is 10.6 Å². The first kappa shape index (κ1) is 9.21. The van der Waals surface area contributed by atoms with E-state index in [9.17, 15) is 4.79 Å². The van der Waals surface area contributed by atoms with E-state index in [0.717, 1.165) is 25.3 Å². The largest absolute Gasteiger partial charge is 0.310 e. The molecule has 1 aromatic heterocycles. The Morgan fingerprint density at radius 3 is 3.21 bits per heavy atom. The van der Waals surface area contributed by atoms with Gasteiger partial charge in [0.1, 0.15) is 5.82 Å². The van der Waals surface area contributed by atoms with Crippen LogP contribution in [0.2, 0.25) is 0 Å². The van der Waals surface area contributed by atoms with Crippen molar-refractivity contribution in [3.8, 4) is 0 Å². The summed E-state index contributed by atoms with van der Waals surface area (Å²) in [4.78, 5) is 11.5. The fraction of sp³-hybridized carbons (Fsp3) is 0.556. The van der Waals surface area contributed by atoms with Crippen LogP contribution >= 0.6 is 0 Å². The van der Waals surface area contributed by atoms with Gasteiger partial charge in [0, 0.05) is 12.6 Å². The molecule has 76 valence electrons. The highest BCUT2D eigenvalue weighted by molar-refractivity contribution is 5.94. The van der Waals surface area contributed by atoms with Gasteiger partial charge in [-0.2, -0.15) is 5.10 Å². The average Bonchev–Trinajstić information content (AvgIpc) is 2.48. The molecule has 5 nitrogen and oxygen atoms in total. The number of amides is 1. The van der Waals surface area contributed by atoms with Gasteiger partial charge in [-0.3, -0.25) is 4.79 Å². The molecule has 2 N–H and O–H groups in total. The third-order valence-corrected chi connectivity index (χ3v) is 2.41. The molecule has 1 aromatic rings. The van der Waals surface area contributed by atoms with Crippen molar-refractivity contribution in [1.82, 2.24) is 15.1 Å². The molecule has 0 aromatic carbocycles. The minimum atomic E-state index is -0.0183. The Kier molecular flexibility index (Phi) is 2.49. The predicted octanol–water partition coefficient (Wildman–Crippen LogP) is 0.203. The number of carbonyl (C=O) groups excluding carboxylic acids is 1. The SMILES string of the molecule is CCn1nccc1NC(=O)[C@H]1CCN1. The molecule has 1 amide bonds. The number of carbonyl (C=O) groups is 1. The number of hydrogen-bond donors (Lipinski definition) is 2. The van der Waals surface area contributed by atoms with Crippen molar-refractivity contribution in [3.05, 3.63) is 12.3 Å². The Labute approximate surface area is 82.5 Å². The number of aryl methyl sites for hydroxylation is 1. The molecule has 14 heavy (non-hydrogen) atoms. The van der Waals surface area contributed by atoms with Crippen LogP contribution in [0.1, 0.15) is 13.3 Å². The minimum absolute atomic E-state index is 0.0183. The maximum absolute atomic E-state index is 11.5. The van der Waals surface area contributed by atoms with E-state index < -0.39 is 0 Å². The lowest BCUT2D eigenvalue weighted by Crippen LogP contribution is -2.51. The third-order valence-electron chi connectivity index (χ3n) is 2.41. The molecular weight excluding hydrogens is 180 g/mol. The van der Waals surface area contributed by atoms with Crippen molar-refractivity contribution in [2.75, 3.05) is 11.9 Å². The Morgan fingerprint density at radius 1 is 1.86 bits per heavy atom. The second kappa shape index (κ2) is 3.79. The fourth-order valence-electron chi connectivity index (χ4n) is 1.42. The van der Waals surface area contributed by atoms with E-state index in [1.807, 2.05) is 6.92 Å². The van der Waals surface area contributed by atoms with Crippen molar-refractivity contribution in [2.45, 2.75) is 25.9 Å². The Morgan fingerprint density at radius 2 is 2.64 bits per heavy atom. The standard InChI is InChI=1S/C9H14N4O/c1-2-13-8(4-6-11-13)12-9(14)7-3-5-10-7/h4,6-7,10H,2-3,5H2,1H3,(H,12,14)/t7-/m1/s1. The Bertz CT molecular complexity index is 329. The van der Waals surface area contributed by atoms with Gasteiger partial charge >= 0.3 is 0 Å². The smallest absolute Gasteiger partial charge is 0.242 e. The third kappa shape index (κ3) is 1.63. The summed E-state index contributed by atoms with van der Waals surface area (Å²) in [5.74, 6) is 0.803. The van der Waals surface area contributed by atoms with Gasteiger partial charge in [-0.05, 0) is 19.9 Å². The molecule has 0 bridgehead atoms.